The molecule has 3 fully saturated rings. The van der Waals surface area contributed by atoms with E-state index in [1.165, 1.54) is 12.1 Å². The van der Waals surface area contributed by atoms with Crippen LogP contribution in [0.1, 0.15) is 91.0 Å². The Morgan fingerprint density at radius 1 is 1.13 bits per heavy atom. The van der Waals surface area contributed by atoms with Gasteiger partial charge < -0.3 is 19.1 Å². The van der Waals surface area contributed by atoms with E-state index in [0.717, 1.165) is 57.8 Å². The van der Waals surface area contributed by atoms with Crippen molar-refractivity contribution >= 4 is 33.6 Å². The summed E-state index contributed by atoms with van der Waals surface area (Å²) in [5, 5.41) is 7.55. The molecule has 2 aromatic carbocycles. The Hall–Kier alpha value is -4.05. The van der Waals surface area contributed by atoms with Gasteiger partial charge in [0, 0.05) is 41.3 Å². The van der Waals surface area contributed by atoms with Crippen LogP contribution in [0.5, 0.6) is 5.88 Å². The Bertz CT molecular complexity index is 1830. The van der Waals surface area contributed by atoms with Crippen molar-refractivity contribution in [2.24, 2.45) is 5.41 Å². The number of carbonyl (C=O) groups excluding carboxylic acids is 2. The molecule has 4 aromatic rings. The van der Waals surface area contributed by atoms with Crippen LogP contribution in [0.15, 0.2) is 42.6 Å². The zero-order valence-corrected chi connectivity index (χ0v) is 27.8. The number of esters is 1. The fourth-order valence-electron chi connectivity index (χ4n) is 7.49. The lowest BCUT2D eigenvalue weighted by atomic mass is 9.66. The third kappa shape index (κ3) is 6.20. The minimum absolute atomic E-state index is 0.0239. The maximum absolute atomic E-state index is 14.0. The van der Waals surface area contributed by atoms with Crippen molar-refractivity contribution in [1.29, 1.82) is 0 Å². The molecule has 1 spiro atoms. The van der Waals surface area contributed by atoms with Crippen molar-refractivity contribution in [3.8, 4) is 17.0 Å². The number of hydrogen-bond acceptors (Lipinski definition) is 7. The van der Waals surface area contributed by atoms with Crippen molar-refractivity contribution in [3.63, 3.8) is 0 Å². The highest BCUT2D eigenvalue weighted by molar-refractivity contribution is 6.07. The van der Waals surface area contributed by atoms with E-state index in [9.17, 15) is 14.0 Å². The maximum Gasteiger partial charge on any atom is 0.326 e. The fourth-order valence-corrected chi connectivity index (χ4v) is 7.49. The lowest BCUT2D eigenvalue weighted by Crippen LogP contribution is -2.46. The lowest BCUT2D eigenvalue weighted by molar-refractivity contribution is -0.158. The Balaban J connectivity index is 1.23. The highest BCUT2D eigenvalue weighted by atomic mass is 19.1. The van der Waals surface area contributed by atoms with Crippen LogP contribution in [0.3, 0.4) is 0 Å². The second kappa shape index (κ2) is 11.9. The van der Waals surface area contributed by atoms with Gasteiger partial charge in [-0.15, -0.1) is 0 Å². The normalized spacial score (nSPS) is 23.2. The van der Waals surface area contributed by atoms with Crippen LogP contribution in [0.2, 0.25) is 0 Å². The molecule has 1 saturated carbocycles. The molecule has 2 saturated heterocycles. The molecule has 2 aromatic heterocycles. The zero-order valence-electron chi connectivity index (χ0n) is 27.8. The van der Waals surface area contributed by atoms with E-state index in [2.05, 4.69) is 26.0 Å². The predicted molar refractivity (Wildman–Crippen MR) is 176 cm³/mol. The van der Waals surface area contributed by atoms with E-state index < -0.39 is 11.6 Å². The van der Waals surface area contributed by atoms with Gasteiger partial charge in [-0.25, -0.2) is 14.1 Å². The van der Waals surface area contributed by atoms with Gasteiger partial charge in [-0.2, -0.15) is 5.10 Å². The Morgan fingerprint density at radius 3 is 2.57 bits per heavy atom. The minimum Gasteiger partial charge on any atom is -0.474 e. The van der Waals surface area contributed by atoms with E-state index >= 15 is 0 Å². The van der Waals surface area contributed by atoms with Crippen LogP contribution in [0, 0.1) is 11.2 Å². The molecule has 1 atom stereocenters. The average molecular weight is 643 g/mol. The first-order chi connectivity index (χ1) is 22.4. The summed E-state index contributed by atoms with van der Waals surface area (Å²) in [6, 6.07) is 10.8. The third-order valence-corrected chi connectivity index (χ3v) is 9.57. The van der Waals surface area contributed by atoms with Gasteiger partial charge in [0.05, 0.1) is 17.4 Å². The fraction of sp³-hybridized carbons (Fsp3) is 0.514. The Labute approximate surface area is 274 Å². The van der Waals surface area contributed by atoms with Crippen LogP contribution in [-0.2, 0) is 19.1 Å². The number of likely N-dealkylation sites (tertiary alicyclic amines) is 1. The molecule has 1 unspecified atom stereocenters. The first-order valence-corrected chi connectivity index (χ1v) is 16.8. The summed E-state index contributed by atoms with van der Waals surface area (Å²) in [6.45, 7) is 10.9. The summed E-state index contributed by atoms with van der Waals surface area (Å²) in [7, 11) is 0. The molecule has 10 heteroatoms. The maximum atomic E-state index is 14.0. The summed E-state index contributed by atoms with van der Waals surface area (Å²) >= 11 is 0. The number of fused-ring (bicyclic) bond motifs is 2. The third-order valence-electron chi connectivity index (χ3n) is 9.57. The second-order valence-corrected chi connectivity index (χ2v) is 14.9. The number of ether oxygens (including phenoxy) is 3. The van der Waals surface area contributed by atoms with Crippen LogP contribution >= 0.6 is 0 Å². The zero-order chi connectivity index (χ0) is 33.1. The van der Waals surface area contributed by atoms with E-state index in [4.69, 9.17) is 24.3 Å². The van der Waals surface area contributed by atoms with Gasteiger partial charge in [-0.05, 0) is 94.0 Å². The van der Waals surface area contributed by atoms with Gasteiger partial charge in [0.2, 0.25) is 11.8 Å². The van der Waals surface area contributed by atoms with E-state index in [1.54, 1.807) is 17.0 Å². The average Bonchev–Trinajstić information content (AvgIpc) is 3.56. The predicted octanol–water partition coefficient (Wildman–Crippen LogP) is 7.31. The number of rotatable bonds is 7. The van der Waals surface area contributed by atoms with Gasteiger partial charge in [-0.1, -0.05) is 26.0 Å². The molecular formula is C37H43FN4O5. The second-order valence-electron chi connectivity index (χ2n) is 14.9. The van der Waals surface area contributed by atoms with Crippen molar-refractivity contribution in [2.45, 2.75) is 97.0 Å². The van der Waals surface area contributed by atoms with E-state index in [1.807, 2.05) is 31.6 Å². The number of benzene rings is 2. The highest BCUT2D eigenvalue weighted by Crippen LogP contribution is 2.51. The molecular weight excluding hydrogens is 599 g/mol. The summed E-state index contributed by atoms with van der Waals surface area (Å²) in [5.74, 6) is -0.0928. The summed E-state index contributed by atoms with van der Waals surface area (Å²) in [5.41, 5.74) is 2.83. The number of aromatic nitrogens is 3. The van der Waals surface area contributed by atoms with Crippen molar-refractivity contribution in [1.82, 2.24) is 19.7 Å². The van der Waals surface area contributed by atoms with Gasteiger partial charge >= 0.3 is 5.97 Å². The van der Waals surface area contributed by atoms with E-state index in [0.29, 0.717) is 38.3 Å². The molecule has 0 bridgehead atoms. The standard InChI is InChI=1S/C37H43FN4O5/c1-22(2)34-33(23-9-11-25(38)12-10-23)27-14-24-19-39-42(31-8-6-7-13-45-31)29(24)15-28(27)35(40-34)46-26-16-37(17-26)18-30(43)41(21-37)20-32(44)47-36(3,4)5/h9-12,14-15,19,22,26,31H,6-8,13,16-18,20-21H2,1-5H3. The minimum atomic E-state index is -0.601. The summed E-state index contributed by atoms with van der Waals surface area (Å²) < 4.78 is 34.3. The van der Waals surface area contributed by atoms with Gasteiger partial charge in [0.15, 0.2) is 6.23 Å². The highest BCUT2D eigenvalue weighted by Gasteiger charge is 2.53. The monoisotopic (exact) mass is 642 g/mol. The topological polar surface area (TPSA) is 95.8 Å². The SMILES string of the molecule is CC(C)c1nc(OC2CC3(CC(=O)N(CC(=O)OC(C)(C)C)C3)C2)c2cc3c(cnn3C3CCCCO3)cc2c1-c1ccc(F)cc1. The van der Waals surface area contributed by atoms with Gasteiger partial charge in [0.25, 0.3) is 0 Å². The molecule has 3 aliphatic rings. The lowest BCUT2D eigenvalue weighted by Gasteiger charge is -2.44. The molecule has 47 heavy (non-hydrogen) atoms. The first kappa shape index (κ1) is 31.5. The van der Waals surface area contributed by atoms with Crippen molar-refractivity contribution in [3.05, 3.63) is 54.1 Å². The largest absolute Gasteiger partial charge is 0.474 e. The molecule has 0 radical (unpaired) electrons. The van der Waals surface area contributed by atoms with Crippen LogP contribution in [0.25, 0.3) is 32.8 Å². The van der Waals surface area contributed by atoms with Gasteiger partial charge in [-0.3, -0.25) is 9.59 Å². The van der Waals surface area contributed by atoms with Crippen LogP contribution in [-0.4, -0.2) is 62.9 Å². The van der Waals surface area contributed by atoms with Crippen LogP contribution in [0.4, 0.5) is 4.39 Å². The molecule has 4 heterocycles. The Kier molecular flexibility index (Phi) is 7.97. The smallest absolute Gasteiger partial charge is 0.326 e. The molecule has 2 aliphatic heterocycles. The first-order valence-electron chi connectivity index (χ1n) is 16.8. The van der Waals surface area contributed by atoms with Crippen molar-refractivity contribution < 1.29 is 28.2 Å². The number of nitrogens with zero attached hydrogens (tertiary/aromatic N) is 4. The number of halogens is 1. The summed E-state index contributed by atoms with van der Waals surface area (Å²) in [4.78, 5) is 32.2. The number of amides is 1. The number of hydrogen-bond donors (Lipinski definition) is 0. The molecule has 7 rings (SSSR count). The molecule has 248 valence electrons. The number of pyridine rings is 1. The van der Waals surface area contributed by atoms with Crippen LogP contribution < -0.4 is 4.74 Å². The Morgan fingerprint density at radius 2 is 1.89 bits per heavy atom. The quantitative estimate of drug-likeness (QED) is 0.195. The molecule has 1 amide bonds. The van der Waals surface area contributed by atoms with Crippen molar-refractivity contribution in [2.75, 3.05) is 19.7 Å². The van der Waals surface area contributed by atoms with Gasteiger partial charge in [0.1, 0.15) is 24.1 Å². The molecule has 9 nitrogen and oxygen atoms in total. The molecule has 0 N–H and O–H groups in total. The molecule has 1 aliphatic carbocycles. The number of carbonyl (C=O) groups is 2. The summed E-state index contributed by atoms with van der Waals surface area (Å²) in [6.07, 6.45) is 6.45. The van der Waals surface area contributed by atoms with E-state index in [-0.39, 0.29) is 41.9 Å².